The van der Waals surface area contributed by atoms with Gasteiger partial charge >= 0.3 is 0 Å². The van der Waals surface area contributed by atoms with E-state index in [0.717, 1.165) is 31.9 Å². The fourth-order valence-electron chi connectivity index (χ4n) is 2.40. The summed E-state index contributed by atoms with van der Waals surface area (Å²) >= 11 is 0. The first-order valence-electron chi connectivity index (χ1n) is 6.26. The Morgan fingerprint density at radius 2 is 2.00 bits per heavy atom. The predicted octanol–water partition coefficient (Wildman–Crippen LogP) is -1.03. The zero-order valence-corrected chi connectivity index (χ0v) is 10.6. The van der Waals surface area contributed by atoms with Crippen LogP contribution in [0.25, 0.3) is 0 Å². The van der Waals surface area contributed by atoms with Gasteiger partial charge in [0.2, 0.25) is 0 Å². The highest BCUT2D eigenvalue weighted by Gasteiger charge is 2.28. The number of benzene rings is 1. The Kier molecular flexibility index (Phi) is 3.72. The second kappa shape index (κ2) is 5.27. The first-order valence-corrected chi connectivity index (χ1v) is 6.26. The number of carbonyl (C=O) groups is 1. The molecule has 0 bridgehead atoms. The van der Waals surface area contributed by atoms with E-state index in [4.69, 9.17) is 5.73 Å². The molecule has 98 valence electrons. The third-order valence-electron chi connectivity index (χ3n) is 3.67. The van der Waals surface area contributed by atoms with E-state index in [0.29, 0.717) is 5.75 Å². The Morgan fingerprint density at radius 3 is 2.56 bits per heavy atom. The highest BCUT2D eigenvalue weighted by Crippen LogP contribution is 2.25. The summed E-state index contributed by atoms with van der Waals surface area (Å²) in [4.78, 5) is 14.5. The molecule has 1 aliphatic rings. The number of anilines is 1. The molecule has 1 atom stereocenters. The maximum atomic E-state index is 11.2. The van der Waals surface area contributed by atoms with Gasteiger partial charge in [0.05, 0.1) is 31.9 Å². The third-order valence-corrected chi connectivity index (χ3v) is 3.67. The number of phenols is 1. The van der Waals surface area contributed by atoms with Crippen molar-refractivity contribution in [2.45, 2.75) is 13.0 Å². The van der Waals surface area contributed by atoms with E-state index in [1.54, 1.807) is 6.07 Å². The number of rotatable bonds is 3. The molecule has 1 amide bonds. The molecule has 5 heteroatoms. The molecule has 5 nitrogen and oxygen atoms in total. The van der Waals surface area contributed by atoms with Crippen molar-refractivity contribution >= 4 is 11.6 Å². The highest BCUT2D eigenvalue weighted by molar-refractivity contribution is 5.77. The van der Waals surface area contributed by atoms with Crippen LogP contribution in [0.4, 0.5) is 5.69 Å². The smallest absolute Gasteiger partial charge is 0.275 e. The number of primary amides is 1. The quantitative estimate of drug-likeness (QED) is 0.642. The largest absolute Gasteiger partial charge is 0.506 e. The van der Waals surface area contributed by atoms with Crippen molar-refractivity contribution in [3.8, 4) is 5.75 Å². The van der Waals surface area contributed by atoms with Gasteiger partial charge in [-0.05, 0) is 19.1 Å². The van der Waals surface area contributed by atoms with E-state index in [1.165, 1.54) is 4.90 Å². The van der Waals surface area contributed by atoms with E-state index in [2.05, 4.69) is 4.90 Å². The molecule has 1 heterocycles. The monoisotopic (exact) mass is 250 g/mol. The summed E-state index contributed by atoms with van der Waals surface area (Å²) < 4.78 is 0. The van der Waals surface area contributed by atoms with Gasteiger partial charge < -0.3 is 20.6 Å². The minimum absolute atomic E-state index is 0.142. The molecule has 0 aliphatic carbocycles. The van der Waals surface area contributed by atoms with Gasteiger partial charge in [-0.2, -0.15) is 0 Å². The maximum Gasteiger partial charge on any atom is 0.275 e. The summed E-state index contributed by atoms with van der Waals surface area (Å²) in [6, 6.07) is 7.20. The molecule has 4 N–H and O–H groups in total. The lowest BCUT2D eigenvalue weighted by Gasteiger charge is -2.35. The summed E-state index contributed by atoms with van der Waals surface area (Å²) in [7, 11) is 0. The van der Waals surface area contributed by atoms with Crippen molar-refractivity contribution < 1.29 is 14.8 Å². The van der Waals surface area contributed by atoms with Crippen LogP contribution in [0.3, 0.4) is 0 Å². The van der Waals surface area contributed by atoms with Gasteiger partial charge in [0, 0.05) is 0 Å². The lowest BCUT2D eigenvalue weighted by Crippen LogP contribution is -3.19. The number of nitrogens with one attached hydrogen (secondary N) is 1. The second-order valence-electron chi connectivity index (χ2n) is 4.76. The number of quaternary nitrogens is 1. The lowest BCUT2D eigenvalue weighted by molar-refractivity contribution is -0.914. The zero-order chi connectivity index (χ0) is 13.1. The Hall–Kier alpha value is -1.75. The molecule has 1 aliphatic heterocycles. The van der Waals surface area contributed by atoms with Crippen LogP contribution in [-0.4, -0.2) is 43.2 Å². The number of phenolic OH excluding ortho intramolecular Hbond substituents is 1. The molecular formula is C13H20N3O2+. The standard InChI is InChI=1S/C13H19N3O2/c1-10(13(14)18)15-6-8-16(9-7-15)11-4-2-3-5-12(11)17/h2-5,10,17H,6-9H2,1H3,(H2,14,18)/p+1/t10-/m0/s1. The molecule has 0 unspecified atom stereocenters. The van der Waals surface area contributed by atoms with Gasteiger partial charge in [0.15, 0.2) is 6.04 Å². The summed E-state index contributed by atoms with van der Waals surface area (Å²) in [5.74, 6) is 0.0601. The van der Waals surface area contributed by atoms with Gasteiger partial charge in [-0.3, -0.25) is 4.79 Å². The van der Waals surface area contributed by atoms with Gasteiger partial charge in [-0.15, -0.1) is 0 Å². The molecule has 1 fully saturated rings. The lowest BCUT2D eigenvalue weighted by atomic mass is 10.2. The molecular weight excluding hydrogens is 230 g/mol. The summed E-state index contributed by atoms with van der Waals surface area (Å²) in [6.45, 7) is 5.24. The molecule has 0 radical (unpaired) electrons. The van der Waals surface area contributed by atoms with Crippen LogP contribution < -0.4 is 15.5 Å². The van der Waals surface area contributed by atoms with E-state index in [-0.39, 0.29) is 11.9 Å². The van der Waals surface area contributed by atoms with E-state index < -0.39 is 0 Å². The zero-order valence-electron chi connectivity index (χ0n) is 10.6. The second-order valence-corrected chi connectivity index (χ2v) is 4.76. The van der Waals surface area contributed by atoms with Crippen molar-refractivity contribution in [3.63, 3.8) is 0 Å². The molecule has 0 spiro atoms. The fourth-order valence-corrected chi connectivity index (χ4v) is 2.40. The average Bonchev–Trinajstić information content (AvgIpc) is 2.38. The van der Waals surface area contributed by atoms with Crippen LogP contribution >= 0.6 is 0 Å². The fraction of sp³-hybridized carbons (Fsp3) is 0.462. The van der Waals surface area contributed by atoms with Crippen molar-refractivity contribution in [1.82, 2.24) is 0 Å². The number of nitrogens with zero attached hydrogens (tertiary/aromatic N) is 1. The molecule has 18 heavy (non-hydrogen) atoms. The molecule has 1 aromatic rings. The SMILES string of the molecule is C[C@@H](C(N)=O)[NH+]1CCN(c2ccccc2O)CC1. The van der Waals surface area contributed by atoms with E-state index >= 15 is 0 Å². The van der Waals surface area contributed by atoms with Crippen LogP contribution in [0.2, 0.25) is 0 Å². The number of piperazine rings is 1. The van der Waals surface area contributed by atoms with Gasteiger partial charge in [0.1, 0.15) is 5.75 Å². The number of amides is 1. The number of hydrogen-bond acceptors (Lipinski definition) is 3. The Balaban J connectivity index is 1.99. The number of para-hydroxylation sites is 2. The molecule has 2 rings (SSSR count). The van der Waals surface area contributed by atoms with Crippen LogP contribution in [0.1, 0.15) is 6.92 Å². The van der Waals surface area contributed by atoms with Crippen LogP contribution in [0, 0.1) is 0 Å². The Morgan fingerprint density at radius 1 is 1.39 bits per heavy atom. The topological polar surface area (TPSA) is 71.0 Å². The average molecular weight is 250 g/mol. The number of hydrogen-bond donors (Lipinski definition) is 3. The third kappa shape index (κ3) is 2.56. The Bertz CT molecular complexity index is 428. The van der Waals surface area contributed by atoms with Gasteiger partial charge in [-0.25, -0.2) is 0 Å². The van der Waals surface area contributed by atoms with E-state index in [9.17, 15) is 9.90 Å². The van der Waals surface area contributed by atoms with Gasteiger partial charge in [0.25, 0.3) is 5.91 Å². The first kappa shape index (κ1) is 12.7. The van der Waals surface area contributed by atoms with Crippen molar-refractivity contribution in [3.05, 3.63) is 24.3 Å². The van der Waals surface area contributed by atoms with Crippen LogP contribution in [0.5, 0.6) is 5.75 Å². The van der Waals surface area contributed by atoms with Gasteiger partial charge in [-0.1, -0.05) is 12.1 Å². The Labute approximate surface area is 107 Å². The van der Waals surface area contributed by atoms with Crippen molar-refractivity contribution in [2.75, 3.05) is 31.1 Å². The summed E-state index contributed by atoms with van der Waals surface area (Å²) in [6.07, 6.45) is 0. The summed E-state index contributed by atoms with van der Waals surface area (Å²) in [5, 5.41) is 9.80. The van der Waals surface area contributed by atoms with Crippen molar-refractivity contribution in [2.24, 2.45) is 5.73 Å². The first-order chi connectivity index (χ1) is 8.59. The normalized spacial score (nSPS) is 18.6. The highest BCUT2D eigenvalue weighted by atomic mass is 16.3. The molecule has 1 saturated heterocycles. The van der Waals surface area contributed by atoms with Crippen LogP contribution in [0.15, 0.2) is 24.3 Å². The molecule has 1 aromatic carbocycles. The number of aromatic hydroxyl groups is 1. The van der Waals surface area contributed by atoms with E-state index in [1.807, 2.05) is 25.1 Å². The maximum absolute atomic E-state index is 11.2. The minimum Gasteiger partial charge on any atom is -0.506 e. The summed E-state index contributed by atoms with van der Waals surface area (Å²) in [5.41, 5.74) is 6.19. The van der Waals surface area contributed by atoms with Crippen LogP contribution in [-0.2, 0) is 4.79 Å². The minimum atomic E-state index is -0.249. The van der Waals surface area contributed by atoms with Crippen molar-refractivity contribution in [1.29, 1.82) is 0 Å². The molecule has 0 saturated carbocycles. The molecule has 0 aromatic heterocycles. The number of nitrogens with two attached hydrogens (primary N) is 1. The predicted molar refractivity (Wildman–Crippen MR) is 69.7 cm³/mol. The number of carbonyl (C=O) groups excluding carboxylic acids is 1.